The molecule has 0 bridgehead atoms. The van der Waals surface area contributed by atoms with Gasteiger partial charge < -0.3 is 15.2 Å². The van der Waals surface area contributed by atoms with Crippen molar-refractivity contribution in [1.82, 2.24) is 14.1 Å². The molecular weight excluding hydrogens is 382 g/mol. The molecule has 0 aliphatic heterocycles. The summed E-state index contributed by atoms with van der Waals surface area (Å²) in [6, 6.07) is 0. The third kappa shape index (κ3) is 4.61. The third-order valence-electron chi connectivity index (χ3n) is 4.49. The number of aryl methyl sites for hydroxylation is 1. The number of hydrogen-bond donors (Lipinski definition) is 2. The number of nitrogen functional groups attached to an aromatic ring is 1. The fraction of sp³-hybridized carbons (Fsp3) is 0.556. The van der Waals surface area contributed by atoms with E-state index in [0.717, 1.165) is 29.9 Å². The van der Waals surface area contributed by atoms with Crippen LogP contribution in [0.5, 0.6) is 0 Å². The highest BCUT2D eigenvalue weighted by Crippen LogP contribution is 2.19. The third-order valence-corrected chi connectivity index (χ3v) is 5.37. The summed E-state index contributed by atoms with van der Waals surface area (Å²) in [5, 5.41) is 1.74. The van der Waals surface area contributed by atoms with Gasteiger partial charge in [0.25, 0.3) is 5.56 Å². The maximum Gasteiger partial charge on any atom is 0.330 e. The van der Waals surface area contributed by atoms with Crippen molar-refractivity contribution >= 4 is 28.7 Å². The number of nitrogens with one attached hydrogen (secondary N) is 1. The molecule has 0 aromatic carbocycles. The molecular formula is C18H27N5O4S. The Morgan fingerprint density at radius 1 is 1.18 bits per heavy atom. The van der Waals surface area contributed by atoms with E-state index in [1.807, 2.05) is 13.8 Å². The van der Waals surface area contributed by atoms with Gasteiger partial charge in [-0.05, 0) is 19.8 Å². The molecule has 0 radical (unpaired) electrons. The fourth-order valence-electron chi connectivity index (χ4n) is 2.98. The van der Waals surface area contributed by atoms with Crippen LogP contribution in [0.1, 0.15) is 45.2 Å². The number of nitrogens with zero attached hydrogens (tertiary/aromatic N) is 3. The minimum Gasteiger partial charge on any atom is -0.383 e. The van der Waals surface area contributed by atoms with Crippen LogP contribution in [0.2, 0.25) is 0 Å². The van der Waals surface area contributed by atoms with E-state index in [4.69, 9.17) is 5.73 Å². The summed E-state index contributed by atoms with van der Waals surface area (Å²) >= 11 is 1.08. The summed E-state index contributed by atoms with van der Waals surface area (Å²) in [4.78, 5) is 52.8. The van der Waals surface area contributed by atoms with Gasteiger partial charge in [0.05, 0.1) is 0 Å². The molecule has 2 aromatic rings. The molecule has 0 saturated carbocycles. The summed E-state index contributed by atoms with van der Waals surface area (Å²) in [7, 11) is 0. The van der Waals surface area contributed by atoms with E-state index in [9.17, 15) is 19.2 Å². The molecule has 9 nitrogen and oxygen atoms in total. The lowest BCUT2D eigenvalue weighted by Gasteiger charge is -2.24. The normalized spacial score (nSPS) is 11.0. The van der Waals surface area contributed by atoms with Crippen molar-refractivity contribution in [2.24, 2.45) is 0 Å². The van der Waals surface area contributed by atoms with Gasteiger partial charge in [0.1, 0.15) is 5.82 Å². The first-order valence-electron chi connectivity index (χ1n) is 9.39. The van der Waals surface area contributed by atoms with Gasteiger partial charge in [-0.15, -0.1) is 0 Å². The summed E-state index contributed by atoms with van der Waals surface area (Å²) in [6.45, 7) is 6.54. The highest BCUT2D eigenvalue weighted by atomic mass is 32.1. The monoisotopic (exact) mass is 409 g/mol. The summed E-state index contributed by atoms with van der Waals surface area (Å²) in [5.41, 5.74) is 5.65. The van der Waals surface area contributed by atoms with Crippen LogP contribution in [-0.4, -0.2) is 26.6 Å². The SMILES string of the molecule is CCCCn1c(N)c(N(CCC)C(=O)CCn2c(C)csc2=O)c(=O)[nH]c1=O. The zero-order chi connectivity index (χ0) is 20.8. The molecule has 2 aromatic heterocycles. The number of amides is 1. The maximum absolute atomic E-state index is 12.9. The molecule has 154 valence electrons. The minimum absolute atomic E-state index is 0.00283. The molecule has 0 atom stereocenters. The number of H-pyrrole nitrogens is 1. The highest BCUT2D eigenvalue weighted by molar-refractivity contribution is 7.07. The van der Waals surface area contributed by atoms with Gasteiger partial charge in [0, 0.05) is 37.1 Å². The van der Waals surface area contributed by atoms with E-state index in [-0.39, 0.29) is 41.8 Å². The Labute approximate surface area is 166 Å². The Balaban J connectivity index is 2.37. The zero-order valence-electron chi connectivity index (χ0n) is 16.5. The lowest BCUT2D eigenvalue weighted by molar-refractivity contribution is -0.118. The number of rotatable bonds is 9. The first kappa shape index (κ1) is 21.7. The second-order valence-electron chi connectivity index (χ2n) is 6.59. The van der Waals surface area contributed by atoms with Crippen LogP contribution in [0, 0.1) is 6.92 Å². The Hall–Kier alpha value is -2.62. The summed E-state index contributed by atoms with van der Waals surface area (Å²) in [5.74, 6) is -0.329. The largest absolute Gasteiger partial charge is 0.383 e. The molecule has 0 saturated heterocycles. The van der Waals surface area contributed by atoms with Gasteiger partial charge in [-0.1, -0.05) is 31.6 Å². The second-order valence-corrected chi connectivity index (χ2v) is 7.41. The van der Waals surface area contributed by atoms with Crippen LogP contribution in [-0.2, 0) is 17.9 Å². The van der Waals surface area contributed by atoms with Crippen molar-refractivity contribution < 1.29 is 4.79 Å². The van der Waals surface area contributed by atoms with Crippen LogP contribution >= 0.6 is 11.3 Å². The number of carbonyl (C=O) groups excluding carboxylic acids is 1. The van der Waals surface area contributed by atoms with Crippen molar-refractivity contribution in [3.8, 4) is 0 Å². The number of aromatic amines is 1. The Bertz CT molecular complexity index is 1000. The number of aromatic nitrogens is 3. The molecule has 2 heterocycles. The predicted molar refractivity (Wildman–Crippen MR) is 111 cm³/mol. The van der Waals surface area contributed by atoms with Crippen molar-refractivity contribution in [2.45, 2.75) is 59.5 Å². The Morgan fingerprint density at radius 2 is 1.89 bits per heavy atom. The number of unbranched alkanes of at least 4 members (excludes halogenated alkanes) is 1. The van der Waals surface area contributed by atoms with Gasteiger partial charge in [-0.3, -0.25) is 23.9 Å². The molecule has 0 unspecified atom stereocenters. The van der Waals surface area contributed by atoms with E-state index < -0.39 is 11.2 Å². The van der Waals surface area contributed by atoms with Gasteiger partial charge >= 0.3 is 10.6 Å². The van der Waals surface area contributed by atoms with Gasteiger partial charge in [-0.2, -0.15) is 0 Å². The predicted octanol–water partition coefficient (Wildman–Crippen LogP) is 1.28. The molecule has 28 heavy (non-hydrogen) atoms. The first-order chi connectivity index (χ1) is 13.3. The van der Waals surface area contributed by atoms with Crippen LogP contribution in [0.25, 0.3) is 0 Å². The lowest BCUT2D eigenvalue weighted by Crippen LogP contribution is -2.42. The Morgan fingerprint density at radius 3 is 2.46 bits per heavy atom. The van der Waals surface area contributed by atoms with E-state index in [2.05, 4.69) is 4.98 Å². The first-order valence-corrected chi connectivity index (χ1v) is 10.3. The molecule has 2 rings (SSSR count). The fourth-order valence-corrected chi connectivity index (χ4v) is 3.74. The maximum atomic E-state index is 12.9. The summed E-state index contributed by atoms with van der Waals surface area (Å²) < 4.78 is 2.83. The van der Waals surface area contributed by atoms with Crippen LogP contribution < -0.4 is 26.8 Å². The standard InChI is InChI=1S/C18H27N5O4S/c1-4-6-9-23-15(19)14(16(25)20-17(23)26)22(8-5-2)13(24)7-10-21-12(3)11-28-18(21)27/h11H,4-10,19H2,1-3H3,(H,20,25,26). The Kier molecular flexibility index (Phi) is 7.38. The lowest BCUT2D eigenvalue weighted by atomic mass is 10.2. The van der Waals surface area contributed by atoms with Crippen molar-refractivity contribution in [3.63, 3.8) is 0 Å². The number of hydrogen-bond acceptors (Lipinski definition) is 6. The van der Waals surface area contributed by atoms with Gasteiger partial charge in [0.2, 0.25) is 5.91 Å². The number of thiazole rings is 1. The van der Waals surface area contributed by atoms with Gasteiger partial charge in [-0.25, -0.2) is 4.79 Å². The summed E-state index contributed by atoms with van der Waals surface area (Å²) in [6.07, 6.45) is 2.23. The highest BCUT2D eigenvalue weighted by Gasteiger charge is 2.23. The molecule has 0 aliphatic carbocycles. The topological polar surface area (TPSA) is 123 Å². The van der Waals surface area contributed by atoms with Crippen LogP contribution in [0.4, 0.5) is 11.5 Å². The van der Waals surface area contributed by atoms with E-state index >= 15 is 0 Å². The average Bonchev–Trinajstić information content (AvgIpc) is 2.96. The van der Waals surface area contributed by atoms with E-state index in [0.29, 0.717) is 13.0 Å². The molecule has 0 aliphatic rings. The molecule has 3 N–H and O–H groups in total. The number of nitrogens with two attached hydrogens (primary N) is 1. The molecule has 0 fully saturated rings. The second kappa shape index (κ2) is 9.54. The van der Waals surface area contributed by atoms with Crippen molar-refractivity contribution in [2.75, 3.05) is 17.2 Å². The van der Waals surface area contributed by atoms with Gasteiger partial charge in [0.15, 0.2) is 5.69 Å². The molecule has 10 heteroatoms. The van der Waals surface area contributed by atoms with E-state index in [1.165, 1.54) is 14.0 Å². The molecule has 0 spiro atoms. The number of carbonyl (C=O) groups is 1. The van der Waals surface area contributed by atoms with Crippen LogP contribution in [0.3, 0.4) is 0 Å². The molecule has 1 amide bonds. The van der Waals surface area contributed by atoms with Crippen molar-refractivity contribution in [1.29, 1.82) is 0 Å². The minimum atomic E-state index is -0.680. The zero-order valence-corrected chi connectivity index (χ0v) is 17.3. The smallest absolute Gasteiger partial charge is 0.330 e. The number of anilines is 2. The quantitative estimate of drug-likeness (QED) is 0.646. The average molecular weight is 410 g/mol. The van der Waals surface area contributed by atoms with Crippen molar-refractivity contribution in [3.05, 3.63) is 41.6 Å². The van der Waals surface area contributed by atoms with Crippen LogP contribution in [0.15, 0.2) is 19.8 Å². The van der Waals surface area contributed by atoms with E-state index in [1.54, 1.807) is 12.3 Å².